The predicted octanol–water partition coefficient (Wildman–Crippen LogP) is 3.73. The van der Waals surface area contributed by atoms with Crippen LogP contribution in [0.1, 0.15) is 30.6 Å². The molecule has 1 N–H and O–H groups in total. The Morgan fingerprint density at radius 1 is 1.28 bits per heavy atom. The van der Waals surface area contributed by atoms with E-state index in [0.29, 0.717) is 10.5 Å². The van der Waals surface area contributed by atoms with Crippen molar-refractivity contribution in [2.24, 2.45) is 0 Å². The van der Waals surface area contributed by atoms with E-state index in [1.807, 2.05) is 30.6 Å². The molecule has 6 heteroatoms. The van der Waals surface area contributed by atoms with Gasteiger partial charge >= 0.3 is 0 Å². The maximum absolute atomic E-state index is 4.67. The van der Waals surface area contributed by atoms with Crippen molar-refractivity contribution in [2.75, 3.05) is 18.1 Å². The number of hydrogen-bond donors (Lipinski definition) is 1. The molecule has 1 fully saturated rings. The molecule has 3 atom stereocenters. The molecule has 2 heterocycles. The van der Waals surface area contributed by atoms with Gasteiger partial charge in [0.25, 0.3) is 0 Å². The van der Waals surface area contributed by atoms with Crippen molar-refractivity contribution >= 4 is 51.9 Å². The van der Waals surface area contributed by atoms with Crippen LogP contribution in [0.25, 0.3) is 0 Å². The normalized spacial score (nSPS) is 28.2. The SMILES string of the molecule is CNc1nc(C2CSC(C)C(C)S2)nc(C)c1I. The van der Waals surface area contributed by atoms with E-state index in [0.717, 1.165) is 31.9 Å². The van der Waals surface area contributed by atoms with Crippen LogP contribution in [-0.2, 0) is 0 Å². The van der Waals surface area contributed by atoms with Crippen LogP contribution in [0.4, 0.5) is 5.82 Å². The molecular formula is C12H18IN3S2. The molecule has 0 amide bonds. The average Bonchev–Trinajstić information content (AvgIpc) is 2.36. The van der Waals surface area contributed by atoms with Crippen LogP contribution in [0.2, 0.25) is 0 Å². The van der Waals surface area contributed by atoms with E-state index in [1.54, 1.807) is 0 Å². The Morgan fingerprint density at radius 2 is 2.00 bits per heavy atom. The van der Waals surface area contributed by atoms with Gasteiger partial charge in [0, 0.05) is 23.3 Å². The molecule has 0 saturated carbocycles. The maximum atomic E-state index is 4.67. The van der Waals surface area contributed by atoms with Gasteiger partial charge in [0.2, 0.25) is 0 Å². The highest BCUT2D eigenvalue weighted by atomic mass is 127. The third-order valence-electron chi connectivity index (χ3n) is 3.11. The van der Waals surface area contributed by atoms with Gasteiger partial charge in [-0.05, 0) is 29.5 Å². The van der Waals surface area contributed by atoms with Crippen LogP contribution >= 0.6 is 46.1 Å². The Balaban J connectivity index is 2.26. The summed E-state index contributed by atoms with van der Waals surface area (Å²) in [5, 5.41) is 4.97. The van der Waals surface area contributed by atoms with Crippen LogP contribution in [0, 0.1) is 10.5 Å². The van der Waals surface area contributed by atoms with Crippen molar-refractivity contribution in [3.05, 3.63) is 15.1 Å². The highest BCUT2D eigenvalue weighted by molar-refractivity contribution is 14.1. The average molecular weight is 395 g/mol. The molecule has 0 aliphatic carbocycles. The quantitative estimate of drug-likeness (QED) is 0.773. The maximum Gasteiger partial charge on any atom is 0.144 e. The molecule has 100 valence electrons. The number of nitrogens with zero attached hydrogens (tertiary/aromatic N) is 2. The fraction of sp³-hybridized carbons (Fsp3) is 0.667. The smallest absolute Gasteiger partial charge is 0.144 e. The van der Waals surface area contributed by atoms with Gasteiger partial charge in [-0.3, -0.25) is 0 Å². The van der Waals surface area contributed by atoms with Gasteiger partial charge in [0.15, 0.2) is 0 Å². The summed E-state index contributed by atoms with van der Waals surface area (Å²) < 4.78 is 1.12. The van der Waals surface area contributed by atoms with E-state index in [4.69, 9.17) is 0 Å². The second-order valence-electron chi connectivity index (χ2n) is 4.45. The summed E-state index contributed by atoms with van der Waals surface area (Å²) in [6, 6.07) is 0. The second kappa shape index (κ2) is 6.17. The summed E-state index contributed by atoms with van der Waals surface area (Å²) in [7, 11) is 1.92. The van der Waals surface area contributed by atoms with E-state index < -0.39 is 0 Å². The van der Waals surface area contributed by atoms with E-state index in [-0.39, 0.29) is 0 Å². The van der Waals surface area contributed by atoms with E-state index in [9.17, 15) is 0 Å². The van der Waals surface area contributed by atoms with Gasteiger partial charge in [0.1, 0.15) is 11.6 Å². The Kier molecular flexibility index (Phi) is 5.05. The Hall–Kier alpha value is 0.310. The summed E-state index contributed by atoms with van der Waals surface area (Å²) in [5.74, 6) is 3.04. The zero-order valence-corrected chi connectivity index (χ0v) is 14.8. The molecule has 0 spiro atoms. The van der Waals surface area contributed by atoms with Crippen molar-refractivity contribution in [3.63, 3.8) is 0 Å². The Morgan fingerprint density at radius 3 is 2.61 bits per heavy atom. The molecule has 1 aromatic rings. The van der Waals surface area contributed by atoms with Crippen LogP contribution in [0.15, 0.2) is 0 Å². The lowest BCUT2D eigenvalue weighted by atomic mass is 10.3. The van der Waals surface area contributed by atoms with Crippen LogP contribution < -0.4 is 5.32 Å². The van der Waals surface area contributed by atoms with E-state index in [1.165, 1.54) is 0 Å². The van der Waals surface area contributed by atoms with Gasteiger partial charge in [0.05, 0.1) is 14.5 Å². The molecule has 2 rings (SSSR count). The first-order chi connectivity index (χ1) is 8.52. The zero-order chi connectivity index (χ0) is 13.3. The summed E-state index contributed by atoms with van der Waals surface area (Å²) >= 11 is 6.34. The monoisotopic (exact) mass is 395 g/mol. The minimum Gasteiger partial charge on any atom is -0.372 e. The number of thioether (sulfide) groups is 2. The van der Waals surface area contributed by atoms with Crippen LogP contribution in [0.3, 0.4) is 0 Å². The van der Waals surface area contributed by atoms with Gasteiger partial charge in [-0.25, -0.2) is 9.97 Å². The standard InChI is InChI=1S/C12H18IN3S2/c1-6-10(13)12(14-4)16-11(15-6)9-5-17-7(2)8(3)18-9/h7-9H,5H2,1-4H3,(H,14,15,16). The van der Waals surface area contributed by atoms with Crippen molar-refractivity contribution < 1.29 is 0 Å². The van der Waals surface area contributed by atoms with Crippen molar-refractivity contribution in [1.82, 2.24) is 9.97 Å². The number of aromatic nitrogens is 2. The minimum absolute atomic E-state index is 0.420. The second-order valence-corrected chi connectivity index (χ2v) is 8.52. The van der Waals surface area contributed by atoms with Gasteiger partial charge in [-0.15, -0.1) is 11.8 Å². The van der Waals surface area contributed by atoms with Gasteiger partial charge in [-0.1, -0.05) is 13.8 Å². The molecule has 3 unspecified atom stereocenters. The van der Waals surface area contributed by atoms with Crippen molar-refractivity contribution in [1.29, 1.82) is 0 Å². The number of hydrogen-bond acceptors (Lipinski definition) is 5. The first kappa shape index (κ1) is 14.7. The predicted molar refractivity (Wildman–Crippen MR) is 90.7 cm³/mol. The molecule has 1 aliphatic rings. The molecule has 1 aliphatic heterocycles. The number of aryl methyl sites for hydroxylation is 1. The van der Waals surface area contributed by atoms with Crippen molar-refractivity contribution in [3.8, 4) is 0 Å². The topological polar surface area (TPSA) is 37.8 Å². The summed E-state index contributed by atoms with van der Waals surface area (Å²) in [5.41, 5.74) is 1.07. The van der Waals surface area contributed by atoms with Gasteiger partial charge in [-0.2, -0.15) is 11.8 Å². The summed E-state index contributed by atoms with van der Waals surface area (Å²) in [6.07, 6.45) is 0. The number of nitrogens with one attached hydrogen (secondary N) is 1. The number of halogens is 1. The molecule has 0 aromatic carbocycles. The van der Waals surface area contributed by atoms with Crippen LogP contribution in [0.5, 0.6) is 0 Å². The van der Waals surface area contributed by atoms with E-state index >= 15 is 0 Å². The van der Waals surface area contributed by atoms with Gasteiger partial charge < -0.3 is 5.32 Å². The number of rotatable bonds is 2. The highest BCUT2D eigenvalue weighted by Crippen LogP contribution is 2.43. The molecule has 0 radical (unpaired) electrons. The van der Waals surface area contributed by atoms with Crippen LogP contribution in [-0.4, -0.2) is 33.3 Å². The highest BCUT2D eigenvalue weighted by Gasteiger charge is 2.29. The number of anilines is 1. The van der Waals surface area contributed by atoms with E-state index in [2.05, 4.69) is 58.6 Å². The first-order valence-electron chi connectivity index (χ1n) is 6.01. The third kappa shape index (κ3) is 3.07. The zero-order valence-electron chi connectivity index (χ0n) is 11.0. The third-order valence-corrected chi connectivity index (χ3v) is 7.79. The molecule has 1 aromatic heterocycles. The molecule has 18 heavy (non-hydrogen) atoms. The molecule has 1 saturated heterocycles. The summed E-state index contributed by atoms with van der Waals surface area (Å²) in [6.45, 7) is 6.66. The lowest BCUT2D eigenvalue weighted by molar-refractivity contribution is 0.850. The Bertz CT molecular complexity index is 442. The minimum atomic E-state index is 0.420. The fourth-order valence-electron chi connectivity index (χ4n) is 1.81. The fourth-order valence-corrected chi connectivity index (χ4v) is 5.16. The van der Waals surface area contributed by atoms with Crippen molar-refractivity contribution in [2.45, 2.75) is 36.5 Å². The Labute approximate surface area is 131 Å². The lowest BCUT2D eigenvalue weighted by Crippen LogP contribution is -2.23. The molecule has 0 bridgehead atoms. The first-order valence-corrected chi connectivity index (χ1v) is 9.08. The molecule has 3 nitrogen and oxygen atoms in total. The largest absolute Gasteiger partial charge is 0.372 e. The lowest BCUT2D eigenvalue weighted by Gasteiger charge is -2.30. The summed E-state index contributed by atoms with van der Waals surface area (Å²) in [4.78, 5) is 9.34. The molecular weight excluding hydrogens is 377 g/mol.